The van der Waals surface area contributed by atoms with E-state index in [1.165, 1.54) is 83.1 Å². The van der Waals surface area contributed by atoms with E-state index < -0.39 is 28.0 Å². The molecule has 0 aromatic rings. The Labute approximate surface area is 246 Å². The van der Waals surface area contributed by atoms with E-state index in [2.05, 4.69) is 43.5 Å². The number of rotatable bonds is 28. The normalized spacial score (nSPS) is 14.0. The van der Waals surface area contributed by atoms with E-state index in [-0.39, 0.29) is 12.3 Å². The zero-order valence-electron chi connectivity index (χ0n) is 25.7. The molecule has 0 aliphatic carbocycles. The molecule has 0 bridgehead atoms. The number of aliphatic hydroxyl groups is 1. The molecule has 0 heterocycles. The van der Waals surface area contributed by atoms with Crippen LogP contribution in [0.4, 0.5) is 0 Å². The van der Waals surface area contributed by atoms with Gasteiger partial charge in [-0.05, 0) is 38.5 Å². The van der Waals surface area contributed by atoms with Crippen LogP contribution in [-0.2, 0) is 14.9 Å². The van der Waals surface area contributed by atoms with Crippen LogP contribution in [0.5, 0.6) is 0 Å². The second kappa shape index (κ2) is 27.7. The Morgan fingerprint density at radius 2 is 1.07 bits per heavy atom. The van der Waals surface area contributed by atoms with Crippen molar-refractivity contribution in [1.29, 1.82) is 0 Å². The van der Waals surface area contributed by atoms with Gasteiger partial charge >= 0.3 is 0 Å². The van der Waals surface area contributed by atoms with Crippen LogP contribution in [0.2, 0.25) is 0 Å². The molecule has 0 aliphatic rings. The lowest BCUT2D eigenvalue weighted by molar-refractivity contribution is -0.122. The highest BCUT2D eigenvalue weighted by Gasteiger charge is 2.24. The minimum atomic E-state index is -4.34. The lowest BCUT2D eigenvalue weighted by atomic mass is 10.0. The van der Waals surface area contributed by atoms with Gasteiger partial charge in [-0.3, -0.25) is 9.35 Å². The number of allylic oxidation sites excluding steroid dienone is 5. The SMILES string of the molecule is CCC/C=C/CC/C=C/CC/C=C/C(O)C(CS(=O)(=O)O)NC(=O)CCCCCCCCCCCCCCCC. The second-order valence-corrected chi connectivity index (χ2v) is 12.6. The Balaban J connectivity index is 4.09. The van der Waals surface area contributed by atoms with Gasteiger partial charge in [0.1, 0.15) is 0 Å². The number of nitrogens with one attached hydrogen (secondary N) is 1. The third kappa shape index (κ3) is 28.1. The zero-order chi connectivity index (χ0) is 29.7. The molecule has 3 N–H and O–H groups in total. The summed E-state index contributed by atoms with van der Waals surface area (Å²) in [4.78, 5) is 12.4. The van der Waals surface area contributed by atoms with E-state index in [4.69, 9.17) is 0 Å². The smallest absolute Gasteiger partial charge is 0.267 e. The van der Waals surface area contributed by atoms with Gasteiger partial charge in [0.2, 0.25) is 5.91 Å². The van der Waals surface area contributed by atoms with Crippen LogP contribution in [-0.4, -0.2) is 41.9 Å². The Kier molecular flexibility index (Phi) is 26.7. The molecule has 2 unspecified atom stereocenters. The van der Waals surface area contributed by atoms with Crippen LogP contribution in [0.15, 0.2) is 36.5 Å². The summed E-state index contributed by atoms with van der Waals surface area (Å²) in [6.07, 6.45) is 34.1. The van der Waals surface area contributed by atoms with Crippen molar-refractivity contribution in [2.75, 3.05) is 5.75 Å². The summed E-state index contributed by atoms with van der Waals surface area (Å²) in [5, 5.41) is 13.1. The molecule has 0 saturated heterocycles. The summed E-state index contributed by atoms with van der Waals surface area (Å²) in [5.41, 5.74) is 0. The summed E-state index contributed by atoms with van der Waals surface area (Å²) < 4.78 is 32.2. The summed E-state index contributed by atoms with van der Waals surface area (Å²) >= 11 is 0. The Morgan fingerprint density at radius 1 is 0.650 bits per heavy atom. The first-order chi connectivity index (χ1) is 19.3. The van der Waals surface area contributed by atoms with Crippen LogP contribution >= 0.6 is 0 Å². The minimum Gasteiger partial charge on any atom is -0.387 e. The molecule has 0 aromatic carbocycles. The highest BCUT2D eigenvalue weighted by Crippen LogP contribution is 2.13. The molecule has 0 radical (unpaired) electrons. The maximum absolute atomic E-state index is 12.4. The molecule has 0 fully saturated rings. The van der Waals surface area contributed by atoms with E-state index in [0.29, 0.717) is 6.42 Å². The predicted octanol–water partition coefficient (Wildman–Crippen LogP) is 8.62. The van der Waals surface area contributed by atoms with Gasteiger partial charge in [0, 0.05) is 6.42 Å². The van der Waals surface area contributed by atoms with Gasteiger partial charge < -0.3 is 10.4 Å². The maximum atomic E-state index is 12.4. The van der Waals surface area contributed by atoms with Crippen molar-refractivity contribution in [2.45, 2.75) is 161 Å². The Bertz CT molecular complexity index is 776. The molecule has 7 heteroatoms. The molecular weight excluding hydrogens is 522 g/mol. The standard InChI is InChI=1S/C33H61NO5S/c1-3-5-7-9-11-13-15-16-17-19-21-23-25-27-29-33(36)34-31(30-40(37,38)39)32(35)28-26-24-22-20-18-14-12-10-8-6-4-2/h8,10,18,20,26,28,31-32,35H,3-7,9,11-17,19,21-25,27,29-30H2,1-2H3,(H,34,36)(H,37,38,39)/b10-8+,20-18+,28-26+. The van der Waals surface area contributed by atoms with Gasteiger partial charge in [0.25, 0.3) is 10.1 Å². The molecule has 0 rings (SSSR count). The fourth-order valence-electron chi connectivity index (χ4n) is 4.60. The Hall–Kier alpha value is -1.44. The summed E-state index contributed by atoms with van der Waals surface area (Å²) in [7, 11) is -4.34. The lowest BCUT2D eigenvalue weighted by Gasteiger charge is -2.21. The molecule has 0 saturated carbocycles. The van der Waals surface area contributed by atoms with Gasteiger partial charge in [0.05, 0.1) is 17.9 Å². The first kappa shape index (κ1) is 38.6. The molecule has 0 aromatic heterocycles. The summed E-state index contributed by atoms with van der Waals surface area (Å²) in [5.74, 6) is -1.01. The maximum Gasteiger partial charge on any atom is 0.267 e. The monoisotopic (exact) mass is 583 g/mol. The average molecular weight is 584 g/mol. The highest BCUT2D eigenvalue weighted by molar-refractivity contribution is 7.85. The Morgan fingerprint density at radius 3 is 1.52 bits per heavy atom. The largest absolute Gasteiger partial charge is 0.387 e. The van der Waals surface area contributed by atoms with Crippen LogP contribution in [0.1, 0.15) is 149 Å². The first-order valence-electron chi connectivity index (χ1n) is 16.2. The fraction of sp³-hybridized carbons (Fsp3) is 0.788. The van der Waals surface area contributed by atoms with Gasteiger partial charge in [-0.1, -0.05) is 140 Å². The van der Waals surface area contributed by atoms with Gasteiger partial charge in [0.15, 0.2) is 0 Å². The quantitative estimate of drug-likeness (QED) is 0.0486. The fourth-order valence-corrected chi connectivity index (χ4v) is 5.34. The third-order valence-electron chi connectivity index (χ3n) is 7.03. The van der Waals surface area contributed by atoms with Crippen LogP contribution < -0.4 is 5.32 Å². The number of hydrogen-bond donors (Lipinski definition) is 3. The van der Waals surface area contributed by atoms with E-state index in [1.54, 1.807) is 6.08 Å². The van der Waals surface area contributed by atoms with Crippen molar-refractivity contribution in [3.05, 3.63) is 36.5 Å². The number of amides is 1. The van der Waals surface area contributed by atoms with Crippen LogP contribution in [0.25, 0.3) is 0 Å². The van der Waals surface area contributed by atoms with Gasteiger partial charge in [-0.25, -0.2) is 0 Å². The lowest BCUT2D eigenvalue weighted by Crippen LogP contribution is -2.46. The van der Waals surface area contributed by atoms with E-state index >= 15 is 0 Å². The average Bonchev–Trinajstić information content (AvgIpc) is 2.90. The minimum absolute atomic E-state index is 0.287. The molecule has 0 aliphatic heterocycles. The van der Waals surface area contributed by atoms with Crippen LogP contribution in [0.3, 0.4) is 0 Å². The number of hydrogen-bond acceptors (Lipinski definition) is 4. The number of unbranched alkanes of at least 4 members (excludes halogenated alkanes) is 16. The summed E-state index contributed by atoms with van der Waals surface area (Å²) in [6, 6.07) is -1.07. The third-order valence-corrected chi connectivity index (χ3v) is 7.81. The van der Waals surface area contributed by atoms with Crippen LogP contribution in [0, 0.1) is 0 Å². The molecule has 1 amide bonds. The first-order valence-corrected chi connectivity index (χ1v) is 17.8. The van der Waals surface area contributed by atoms with Gasteiger partial charge in [-0.2, -0.15) is 8.42 Å². The van der Waals surface area contributed by atoms with Crippen molar-refractivity contribution in [1.82, 2.24) is 5.32 Å². The predicted molar refractivity (Wildman–Crippen MR) is 170 cm³/mol. The molecule has 234 valence electrons. The topological polar surface area (TPSA) is 104 Å². The van der Waals surface area contributed by atoms with Crippen molar-refractivity contribution < 1.29 is 22.9 Å². The zero-order valence-corrected chi connectivity index (χ0v) is 26.5. The molecule has 40 heavy (non-hydrogen) atoms. The number of carbonyl (C=O) groups is 1. The van der Waals surface area contributed by atoms with Crippen molar-refractivity contribution in [3.63, 3.8) is 0 Å². The highest BCUT2D eigenvalue weighted by atomic mass is 32.2. The van der Waals surface area contributed by atoms with Crippen molar-refractivity contribution in [2.24, 2.45) is 0 Å². The summed E-state index contributed by atoms with van der Waals surface area (Å²) in [6.45, 7) is 4.41. The van der Waals surface area contributed by atoms with Gasteiger partial charge in [-0.15, -0.1) is 0 Å². The second-order valence-electron chi connectivity index (χ2n) is 11.1. The molecule has 0 spiro atoms. The van der Waals surface area contributed by atoms with E-state index in [9.17, 15) is 22.9 Å². The van der Waals surface area contributed by atoms with Crippen molar-refractivity contribution in [3.8, 4) is 0 Å². The number of carbonyl (C=O) groups excluding carboxylic acids is 1. The van der Waals surface area contributed by atoms with Crippen molar-refractivity contribution >= 4 is 16.0 Å². The van der Waals surface area contributed by atoms with E-state index in [0.717, 1.165) is 44.9 Å². The molecule has 2 atom stereocenters. The number of aliphatic hydroxyl groups excluding tert-OH is 1. The molecular formula is C33H61NO5S. The van der Waals surface area contributed by atoms with E-state index in [1.807, 2.05) is 0 Å². The molecule has 6 nitrogen and oxygen atoms in total.